The zero-order valence-corrected chi connectivity index (χ0v) is 18.4. The molecule has 1 fully saturated rings. The van der Waals surface area contributed by atoms with Gasteiger partial charge in [0.05, 0.1) is 25.8 Å². The van der Waals surface area contributed by atoms with E-state index in [1.54, 1.807) is 25.4 Å². The maximum atomic E-state index is 13.3. The highest BCUT2D eigenvalue weighted by Crippen LogP contribution is 2.36. The lowest BCUT2D eigenvalue weighted by Gasteiger charge is -2.37. The van der Waals surface area contributed by atoms with Crippen LogP contribution in [0, 0.1) is 0 Å². The average molecular weight is 431 g/mol. The van der Waals surface area contributed by atoms with E-state index >= 15 is 0 Å². The van der Waals surface area contributed by atoms with Crippen molar-refractivity contribution in [2.75, 3.05) is 33.4 Å². The van der Waals surface area contributed by atoms with Crippen LogP contribution >= 0.6 is 11.3 Å². The lowest BCUT2D eigenvalue weighted by molar-refractivity contribution is -0.136. The summed E-state index contributed by atoms with van der Waals surface area (Å²) in [5.41, 5.74) is 1.18. The summed E-state index contributed by atoms with van der Waals surface area (Å²) < 4.78 is 11.5. The van der Waals surface area contributed by atoms with Crippen LogP contribution in [0.5, 0.6) is 11.5 Å². The van der Waals surface area contributed by atoms with Gasteiger partial charge in [-0.05, 0) is 55.3 Å². The number of rotatable bonds is 9. The number of benzene rings is 1. The van der Waals surface area contributed by atoms with Crippen molar-refractivity contribution in [3.63, 3.8) is 0 Å². The number of para-hydroxylation sites is 2. The fourth-order valence-corrected chi connectivity index (χ4v) is 5.10. The van der Waals surface area contributed by atoms with Crippen molar-refractivity contribution in [3.05, 3.63) is 46.2 Å². The van der Waals surface area contributed by atoms with E-state index < -0.39 is 6.10 Å². The topological polar surface area (TPSA) is 62.2 Å². The summed E-state index contributed by atoms with van der Waals surface area (Å²) in [6.07, 6.45) is 2.65. The lowest BCUT2D eigenvalue weighted by Crippen LogP contribution is -2.48. The number of hydrogen-bond acceptors (Lipinski definition) is 6. The highest BCUT2D eigenvalue weighted by molar-refractivity contribution is 7.10. The van der Waals surface area contributed by atoms with Crippen LogP contribution in [-0.2, 0) is 11.2 Å². The van der Waals surface area contributed by atoms with E-state index in [9.17, 15) is 9.90 Å². The van der Waals surface area contributed by atoms with Crippen LogP contribution in [0.3, 0.4) is 0 Å². The van der Waals surface area contributed by atoms with Gasteiger partial charge in [0, 0.05) is 24.0 Å². The van der Waals surface area contributed by atoms with Gasteiger partial charge in [-0.25, -0.2) is 0 Å². The number of aliphatic hydroxyl groups excluding tert-OH is 1. The molecule has 0 spiro atoms. The van der Waals surface area contributed by atoms with E-state index in [4.69, 9.17) is 9.47 Å². The van der Waals surface area contributed by atoms with Gasteiger partial charge in [-0.3, -0.25) is 9.69 Å². The summed E-state index contributed by atoms with van der Waals surface area (Å²) in [6.45, 7) is 3.74. The first-order valence-electron chi connectivity index (χ1n) is 10.6. The number of ether oxygens (including phenoxy) is 2. The van der Waals surface area contributed by atoms with Crippen LogP contribution in [0.15, 0.2) is 35.7 Å². The molecule has 1 saturated carbocycles. The highest BCUT2D eigenvalue weighted by atomic mass is 32.1. The van der Waals surface area contributed by atoms with Gasteiger partial charge in [0.1, 0.15) is 6.61 Å². The van der Waals surface area contributed by atoms with Crippen molar-refractivity contribution in [2.45, 2.75) is 44.4 Å². The average Bonchev–Trinajstić information content (AvgIpc) is 3.48. The monoisotopic (exact) mass is 430 g/mol. The van der Waals surface area contributed by atoms with Gasteiger partial charge in [0.15, 0.2) is 11.5 Å². The van der Waals surface area contributed by atoms with Crippen LogP contribution in [-0.4, -0.2) is 66.3 Å². The van der Waals surface area contributed by atoms with E-state index in [1.165, 1.54) is 10.4 Å². The molecule has 1 aromatic heterocycles. The molecule has 1 N–H and O–H groups in total. The van der Waals surface area contributed by atoms with E-state index in [2.05, 4.69) is 16.3 Å². The third-order valence-electron chi connectivity index (χ3n) is 5.78. The van der Waals surface area contributed by atoms with Crippen LogP contribution in [0.2, 0.25) is 0 Å². The lowest BCUT2D eigenvalue weighted by atomic mass is 10.0. The Labute approximate surface area is 182 Å². The second kappa shape index (κ2) is 9.37. The van der Waals surface area contributed by atoms with Crippen LogP contribution < -0.4 is 9.47 Å². The minimum atomic E-state index is -0.437. The highest BCUT2D eigenvalue weighted by Gasteiger charge is 2.36. The Morgan fingerprint density at radius 2 is 2.07 bits per heavy atom. The first-order valence-corrected chi connectivity index (χ1v) is 11.5. The fourth-order valence-electron chi connectivity index (χ4n) is 4.17. The molecular formula is C23H30N2O4S. The fraction of sp³-hybridized carbons (Fsp3) is 0.522. The molecule has 1 aliphatic heterocycles. The minimum Gasteiger partial charge on any atom is -0.493 e. The van der Waals surface area contributed by atoms with Gasteiger partial charge in [-0.1, -0.05) is 12.1 Å². The summed E-state index contributed by atoms with van der Waals surface area (Å²) >= 11 is 1.75. The van der Waals surface area contributed by atoms with Crippen LogP contribution in [0.25, 0.3) is 0 Å². The van der Waals surface area contributed by atoms with Gasteiger partial charge in [-0.15, -0.1) is 11.3 Å². The van der Waals surface area contributed by atoms with Crippen molar-refractivity contribution >= 4 is 17.2 Å². The molecule has 30 heavy (non-hydrogen) atoms. The molecule has 2 atom stereocenters. The summed E-state index contributed by atoms with van der Waals surface area (Å²) in [7, 11) is 1.63. The predicted octanol–water partition coefficient (Wildman–Crippen LogP) is 3.11. The second-order valence-corrected chi connectivity index (χ2v) is 9.12. The number of amides is 1. The first kappa shape index (κ1) is 21.2. The van der Waals surface area contributed by atoms with E-state index in [-0.39, 0.29) is 11.9 Å². The molecule has 1 aliphatic carbocycles. The summed E-state index contributed by atoms with van der Waals surface area (Å²) in [4.78, 5) is 18.7. The molecule has 0 bridgehead atoms. The van der Waals surface area contributed by atoms with Crippen molar-refractivity contribution in [2.24, 2.45) is 0 Å². The van der Waals surface area contributed by atoms with Gasteiger partial charge >= 0.3 is 0 Å². The Hall–Kier alpha value is -2.09. The number of carbonyl (C=O) groups is 1. The summed E-state index contributed by atoms with van der Waals surface area (Å²) in [5, 5.41) is 11.9. The Balaban J connectivity index is 1.50. The zero-order chi connectivity index (χ0) is 21.1. The Morgan fingerprint density at radius 1 is 1.30 bits per heavy atom. The molecule has 7 heteroatoms. The summed E-state index contributed by atoms with van der Waals surface area (Å²) in [5.74, 6) is 1.48. The number of aliphatic hydroxyl groups is 1. The number of nitrogens with zero attached hydrogens (tertiary/aromatic N) is 2. The molecule has 0 saturated heterocycles. The molecule has 2 unspecified atom stereocenters. The Kier molecular flexibility index (Phi) is 6.61. The Morgan fingerprint density at radius 3 is 2.77 bits per heavy atom. The molecule has 2 heterocycles. The summed E-state index contributed by atoms with van der Waals surface area (Å²) in [6, 6.07) is 10.0. The number of hydrogen-bond donors (Lipinski definition) is 1. The zero-order valence-electron chi connectivity index (χ0n) is 17.6. The molecule has 0 radical (unpaired) electrons. The number of carbonyl (C=O) groups excluding carboxylic acids is 1. The van der Waals surface area contributed by atoms with Gasteiger partial charge in [-0.2, -0.15) is 0 Å². The SMILES string of the molecule is COc1ccccc1OCC1c2ccsc2CCN1C(=O)CN(CC(C)O)C1CC1. The van der Waals surface area contributed by atoms with E-state index in [0.717, 1.165) is 19.3 Å². The van der Waals surface area contributed by atoms with Gasteiger partial charge < -0.3 is 19.5 Å². The predicted molar refractivity (Wildman–Crippen MR) is 117 cm³/mol. The molecular weight excluding hydrogens is 400 g/mol. The molecule has 1 amide bonds. The first-order chi connectivity index (χ1) is 14.6. The molecule has 6 nitrogen and oxygen atoms in total. The minimum absolute atomic E-state index is 0.105. The van der Waals surface area contributed by atoms with Crippen molar-refractivity contribution in [1.29, 1.82) is 0 Å². The third-order valence-corrected chi connectivity index (χ3v) is 6.78. The normalized spacial score (nSPS) is 19.5. The molecule has 2 aliphatic rings. The van der Waals surface area contributed by atoms with Crippen molar-refractivity contribution in [1.82, 2.24) is 9.80 Å². The van der Waals surface area contributed by atoms with Crippen LogP contribution in [0.4, 0.5) is 0 Å². The van der Waals surface area contributed by atoms with Crippen molar-refractivity contribution < 1.29 is 19.4 Å². The van der Waals surface area contributed by atoms with Gasteiger partial charge in [0.25, 0.3) is 0 Å². The maximum absolute atomic E-state index is 13.3. The number of methoxy groups -OCH3 is 1. The maximum Gasteiger partial charge on any atom is 0.237 e. The standard InChI is InChI=1S/C23H30N2O4S/c1-16(26)13-24(17-7-8-17)14-23(27)25-11-9-22-18(10-12-30-22)19(25)15-29-21-6-4-3-5-20(21)28-2/h3-6,10,12,16-17,19,26H,7-9,11,13-15H2,1-2H3. The number of thiophene rings is 1. The quantitative estimate of drug-likeness (QED) is 0.662. The smallest absolute Gasteiger partial charge is 0.237 e. The largest absolute Gasteiger partial charge is 0.493 e. The van der Waals surface area contributed by atoms with Crippen molar-refractivity contribution in [3.8, 4) is 11.5 Å². The molecule has 4 rings (SSSR count). The molecule has 162 valence electrons. The Bertz CT molecular complexity index is 864. The second-order valence-electron chi connectivity index (χ2n) is 8.12. The molecule has 1 aromatic carbocycles. The van der Waals surface area contributed by atoms with E-state index in [0.29, 0.717) is 43.8 Å². The van der Waals surface area contributed by atoms with Crippen LogP contribution in [0.1, 0.15) is 36.2 Å². The van der Waals surface area contributed by atoms with E-state index in [1.807, 2.05) is 29.2 Å². The molecule has 2 aromatic rings. The third kappa shape index (κ3) is 4.79. The number of fused-ring (bicyclic) bond motifs is 1. The van der Waals surface area contributed by atoms with Gasteiger partial charge in [0.2, 0.25) is 5.91 Å².